The van der Waals surface area contributed by atoms with Crippen LogP contribution in [0.3, 0.4) is 0 Å². The van der Waals surface area contributed by atoms with Crippen molar-refractivity contribution in [2.75, 3.05) is 19.6 Å². The van der Waals surface area contributed by atoms with E-state index >= 15 is 0 Å². The van der Waals surface area contributed by atoms with Crippen LogP contribution < -0.4 is 10.6 Å². The summed E-state index contributed by atoms with van der Waals surface area (Å²) < 4.78 is 0. The molecular weight excluding hydrogens is 312 g/mol. The summed E-state index contributed by atoms with van der Waals surface area (Å²) in [5.74, 6) is 0.0513. The number of hydrogen-bond donors (Lipinski definition) is 3. The molecule has 4 nitrogen and oxygen atoms in total. The molecule has 1 amide bonds. The molecule has 0 radical (unpaired) electrons. The van der Waals surface area contributed by atoms with Crippen LogP contribution in [0.25, 0.3) is 10.8 Å². The number of aliphatic hydroxyl groups is 1. The van der Waals surface area contributed by atoms with Crippen molar-refractivity contribution in [2.45, 2.75) is 18.9 Å². The van der Waals surface area contributed by atoms with Gasteiger partial charge < -0.3 is 15.7 Å². The van der Waals surface area contributed by atoms with Crippen LogP contribution >= 0.6 is 12.4 Å². The van der Waals surface area contributed by atoms with Crippen LogP contribution in [0.1, 0.15) is 21.5 Å². The zero-order valence-electron chi connectivity index (χ0n) is 12.8. The first kappa shape index (κ1) is 16.2. The Morgan fingerprint density at radius 3 is 2.70 bits per heavy atom. The molecule has 1 heterocycles. The summed E-state index contributed by atoms with van der Waals surface area (Å²) in [5.41, 5.74) is 3.43. The van der Waals surface area contributed by atoms with Crippen LogP contribution in [0.5, 0.6) is 0 Å². The van der Waals surface area contributed by atoms with Crippen LogP contribution in [0.4, 0.5) is 0 Å². The number of benzene rings is 2. The molecule has 5 heteroatoms. The maximum Gasteiger partial charge on any atom is 0.251 e. The van der Waals surface area contributed by atoms with Crippen LogP contribution in [0.15, 0.2) is 30.3 Å². The van der Waals surface area contributed by atoms with E-state index in [1.807, 2.05) is 18.2 Å². The Kier molecular flexibility index (Phi) is 4.57. The number of aliphatic hydroxyl groups excluding tert-OH is 1. The van der Waals surface area contributed by atoms with Crippen LogP contribution in [-0.4, -0.2) is 36.8 Å². The fourth-order valence-corrected chi connectivity index (χ4v) is 3.69. The topological polar surface area (TPSA) is 61.4 Å². The highest BCUT2D eigenvalue weighted by atomic mass is 35.5. The summed E-state index contributed by atoms with van der Waals surface area (Å²) >= 11 is 0. The van der Waals surface area contributed by atoms with Crippen molar-refractivity contribution in [3.8, 4) is 0 Å². The third-order valence-corrected chi connectivity index (χ3v) is 4.95. The van der Waals surface area contributed by atoms with Gasteiger partial charge in [-0.1, -0.05) is 24.3 Å². The van der Waals surface area contributed by atoms with Crippen molar-refractivity contribution in [3.05, 3.63) is 47.0 Å². The van der Waals surface area contributed by atoms with Crippen molar-refractivity contribution in [1.29, 1.82) is 0 Å². The molecule has 2 aliphatic rings. The van der Waals surface area contributed by atoms with Gasteiger partial charge in [0.1, 0.15) is 0 Å². The van der Waals surface area contributed by atoms with Crippen LogP contribution in [0, 0.1) is 5.92 Å². The van der Waals surface area contributed by atoms with E-state index in [1.165, 1.54) is 16.5 Å². The number of hydrogen-bond acceptors (Lipinski definition) is 3. The van der Waals surface area contributed by atoms with Gasteiger partial charge >= 0.3 is 0 Å². The molecule has 3 N–H and O–H groups in total. The molecule has 1 fully saturated rings. The molecule has 2 aromatic carbocycles. The monoisotopic (exact) mass is 332 g/mol. The van der Waals surface area contributed by atoms with Gasteiger partial charge in [0.05, 0.1) is 6.10 Å². The van der Waals surface area contributed by atoms with E-state index in [0.717, 1.165) is 30.3 Å². The first-order chi connectivity index (χ1) is 10.7. The predicted octanol–water partition coefficient (Wildman–Crippen LogP) is 1.67. The molecule has 0 spiro atoms. The number of carbonyl (C=O) groups is 1. The van der Waals surface area contributed by atoms with Crippen molar-refractivity contribution < 1.29 is 9.90 Å². The van der Waals surface area contributed by atoms with Crippen molar-refractivity contribution in [1.82, 2.24) is 10.6 Å². The lowest BCUT2D eigenvalue weighted by Crippen LogP contribution is -2.34. The molecule has 2 atom stereocenters. The van der Waals surface area contributed by atoms with Gasteiger partial charge in [0.25, 0.3) is 5.91 Å². The largest absolute Gasteiger partial charge is 0.391 e. The highest BCUT2D eigenvalue weighted by Crippen LogP contribution is 2.32. The Bertz CT molecular complexity index is 737. The molecule has 122 valence electrons. The Morgan fingerprint density at radius 1 is 1.17 bits per heavy atom. The number of aryl methyl sites for hydroxylation is 2. The smallest absolute Gasteiger partial charge is 0.251 e. The summed E-state index contributed by atoms with van der Waals surface area (Å²) in [4.78, 5) is 12.6. The molecule has 2 unspecified atom stereocenters. The van der Waals surface area contributed by atoms with E-state index in [0.29, 0.717) is 13.1 Å². The minimum atomic E-state index is -0.367. The Balaban J connectivity index is 0.00000156. The second-order valence-electron chi connectivity index (χ2n) is 6.31. The second kappa shape index (κ2) is 6.48. The lowest BCUT2D eigenvalue weighted by Gasteiger charge is -2.15. The van der Waals surface area contributed by atoms with Gasteiger partial charge in [0, 0.05) is 31.1 Å². The maximum atomic E-state index is 12.6. The number of carbonyl (C=O) groups excluding carboxylic acids is 1. The van der Waals surface area contributed by atoms with E-state index in [9.17, 15) is 9.90 Å². The summed E-state index contributed by atoms with van der Waals surface area (Å²) in [6.07, 6.45) is 1.77. The standard InChI is InChI=1S/C18H20N2O2.ClH/c21-16-10-19-8-13(16)9-20-18(22)15-7-6-12-5-4-11-2-1-3-14(15)17(11)12;/h1-3,6-7,13,16,19,21H,4-5,8-10H2,(H,20,22);1H. The van der Waals surface area contributed by atoms with Gasteiger partial charge in [-0.25, -0.2) is 0 Å². The van der Waals surface area contributed by atoms with Crippen LogP contribution in [-0.2, 0) is 12.8 Å². The zero-order valence-corrected chi connectivity index (χ0v) is 13.7. The van der Waals surface area contributed by atoms with E-state index in [-0.39, 0.29) is 30.3 Å². The third-order valence-electron chi connectivity index (χ3n) is 4.95. The summed E-state index contributed by atoms with van der Waals surface area (Å²) in [5, 5.41) is 18.2. The quantitative estimate of drug-likeness (QED) is 0.801. The van der Waals surface area contributed by atoms with Crippen molar-refractivity contribution in [2.24, 2.45) is 5.92 Å². The van der Waals surface area contributed by atoms with Gasteiger partial charge in [-0.2, -0.15) is 0 Å². The lowest BCUT2D eigenvalue weighted by molar-refractivity contribution is 0.0928. The zero-order chi connectivity index (χ0) is 15.1. The highest BCUT2D eigenvalue weighted by Gasteiger charge is 2.25. The molecule has 2 aromatic rings. The Hall–Kier alpha value is -1.62. The average molecular weight is 333 g/mol. The summed E-state index contributed by atoms with van der Waals surface area (Å²) in [6, 6.07) is 10.2. The number of amides is 1. The summed E-state index contributed by atoms with van der Waals surface area (Å²) in [6.45, 7) is 1.88. The van der Waals surface area contributed by atoms with Crippen molar-refractivity contribution >= 4 is 29.1 Å². The normalized spacial score (nSPS) is 22.1. The van der Waals surface area contributed by atoms with E-state index < -0.39 is 0 Å². The van der Waals surface area contributed by atoms with Gasteiger partial charge in [-0.05, 0) is 40.8 Å². The fourth-order valence-electron chi connectivity index (χ4n) is 3.69. The molecule has 0 bridgehead atoms. The maximum absolute atomic E-state index is 12.6. The molecule has 0 saturated carbocycles. The van der Waals surface area contributed by atoms with Crippen LogP contribution in [0.2, 0.25) is 0 Å². The SMILES string of the molecule is Cl.O=C(NCC1CNCC1O)c1ccc2c3c(cccc13)CC2. The first-order valence-corrected chi connectivity index (χ1v) is 7.94. The number of rotatable bonds is 3. The molecule has 4 rings (SSSR count). The molecule has 0 aromatic heterocycles. The number of nitrogens with one attached hydrogen (secondary N) is 2. The Morgan fingerprint density at radius 2 is 1.96 bits per heavy atom. The molecule has 1 aliphatic carbocycles. The first-order valence-electron chi connectivity index (χ1n) is 7.94. The van der Waals surface area contributed by atoms with E-state index in [2.05, 4.69) is 22.8 Å². The number of halogens is 1. The number of β-amino-alcohol motifs (C(OH)–C–C–N with tert-alkyl or cyclic N) is 1. The lowest BCUT2D eigenvalue weighted by atomic mass is 9.99. The second-order valence-corrected chi connectivity index (χ2v) is 6.31. The fraction of sp³-hybridized carbons (Fsp3) is 0.389. The summed E-state index contributed by atoms with van der Waals surface area (Å²) in [7, 11) is 0. The minimum absolute atomic E-state index is 0. The average Bonchev–Trinajstić information content (AvgIpc) is 3.13. The Labute approximate surface area is 141 Å². The molecule has 1 aliphatic heterocycles. The van der Waals surface area contributed by atoms with Gasteiger partial charge in [0.15, 0.2) is 0 Å². The molecule has 1 saturated heterocycles. The molecular formula is C18H21ClN2O2. The molecule has 23 heavy (non-hydrogen) atoms. The van der Waals surface area contributed by atoms with Gasteiger partial charge in [-0.3, -0.25) is 4.79 Å². The van der Waals surface area contributed by atoms with E-state index in [4.69, 9.17) is 0 Å². The van der Waals surface area contributed by atoms with Gasteiger partial charge in [-0.15, -0.1) is 12.4 Å². The minimum Gasteiger partial charge on any atom is -0.391 e. The van der Waals surface area contributed by atoms with Crippen molar-refractivity contribution in [3.63, 3.8) is 0 Å². The third kappa shape index (κ3) is 2.82. The predicted molar refractivity (Wildman–Crippen MR) is 93.3 cm³/mol. The van der Waals surface area contributed by atoms with Gasteiger partial charge in [0.2, 0.25) is 0 Å². The highest BCUT2D eigenvalue weighted by molar-refractivity contribution is 6.09. The van der Waals surface area contributed by atoms with E-state index in [1.54, 1.807) is 0 Å².